The second-order valence-electron chi connectivity index (χ2n) is 7.22. The van der Waals surface area contributed by atoms with Gasteiger partial charge in [-0.15, -0.1) is 0 Å². The van der Waals surface area contributed by atoms with Gasteiger partial charge in [-0.25, -0.2) is 13.1 Å². The average molecular weight is 452 g/mol. The van der Waals surface area contributed by atoms with E-state index in [2.05, 4.69) is 9.62 Å². The predicted molar refractivity (Wildman–Crippen MR) is 116 cm³/mol. The first-order chi connectivity index (χ1) is 14.3. The molecule has 1 N–H and O–H groups in total. The molecule has 0 aliphatic carbocycles. The monoisotopic (exact) mass is 451 g/mol. The Morgan fingerprint density at radius 2 is 1.80 bits per heavy atom. The van der Waals surface area contributed by atoms with Gasteiger partial charge >= 0.3 is 0 Å². The molecular weight excluding hydrogens is 426 g/mol. The largest absolute Gasteiger partial charge is 0.484 e. The number of amides is 1. The number of rotatable bonds is 8. The van der Waals surface area contributed by atoms with E-state index in [4.69, 9.17) is 16.3 Å². The molecule has 2 aromatic rings. The summed E-state index contributed by atoms with van der Waals surface area (Å²) in [5, 5.41) is 0.483. The standard InChI is InChI=1S/C21H26ClN3O4S/c1-24-11-13-25(14-12-24)21(26)16-29-19-4-2-3-17(15-19)9-10-23-30(27,28)20-7-5-18(22)6-8-20/h2-8,15,23H,9-14,16H2,1H3. The van der Waals surface area contributed by atoms with Crippen LogP contribution in [0.25, 0.3) is 0 Å². The summed E-state index contributed by atoms with van der Waals surface area (Å²) in [6.07, 6.45) is 0.496. The summed E-state index contributed by atoms with van der Waals surface area (Å²) in [6, 6.07) is 13.4. The van der Waals surface area contributed by atoms with Crippen molar-refractivity contribution >= 4 is 27.5 Å². The normalized spacial score (nSPS) is 15.2. The first kappa shape index (κ1) is 22.6. The van der Waals surface area contributed by atoms with E-state index in [1.807, 2.05) is 30.1 Å². The minimum absolute atomic E-state index is 0.00361. The number of ether oxygens (including phenoxy) is 1. The average Bonchev–Trinajstić information content (AvgIpc) is 2.73. The molecule has 1 heterocycles. The molecule has 1 amide bonds. The third-order valence-electron chi connectivity index (χ3n) is 4.95. The molecule has 1 saturated heterocycles. The third kappa shape index (κ3) is 6.43. The Morgan fingerprint density at radius 1 is 1.10 bits per heavy atom. The molecule has 3 rings (SSSR count). The number of piperazine rings is 1. The second kappa shape index (κ2) is 10.3. The highest BCUT2D eigenvalue weighted by Gasteiger charge is 2.19. The highest BCUT2D eigenvalue weighted by molar-refractivity contribution is 7.89. The lowest BCUT2D eigenvalue weighted by atomic mass is 10.1. The van der Waals surface area contributed by atoms with Crippen molar-refractivity contribution in [3.05, 3.63) is 59.1 Å². The quantitative estimate of drug-likeness (QED) is 0.664. The summed E-state index contributed by atoms with van der Waals surface area (Å²) in [6.45, 7) is 3.41. The molecular formula is C21H26ClN3O4S. The number of halogens is 1. The molecule has 0 bridgehead atoms. The fraction of sp³-hybridized carbons (Fsp3) is 0.381. The minimum atomic E-state index is -3.59. The summed E-state index contributed by atoms with van der Waals surface area (Å²) < 4.78 is 32.9. The van der Waals surface area contributed by atoms with E-state index in [1.165, 1.54) is 12.1 Å². The van der Waals surface area contributed by atoms with Crippen LogP contribution in [0.15, 0.2) is 53.4 Å². The lowest BCUT2D eigenvalue weighted by Gasteiger charge is -2.32. The summed E-state index contributed by atoms with van der Waals surface area (Å²) in [7, 11) is -1.55. The lowest BCUT2D eigenvalue weighted by Crippen LogP contribution is -2.48. The summed E-state index contributed by atoms with van der Waals surface area (Å²) in [5.74, 6) is 0.569. The van der Waals surface area contributed by atoms with Crippen LogP contribution in [0, 0.1) is 0 Å². The van der Waals surface area contributed by atoms with Crippen LogP contribution in [0.2, 0.25) is 5.02 Å². The van der Waals surface area contributed by atoms with Gasteiger partial charge in [0.1, 0.15) is 5.75 Å². The maximum absolute atomic E-state index is 12.3. The smallest absolute Gasteiger partial charge is 0.260 e. The minimum Gasteiger partial charge on any atom is -0.484 e. The van der Waals surface area contributed by atoms with E-state index in [0.29, 0.717) is 30.3 Å². The molecule has 30 heavy (non-hydrogen) atoms. The van der Waals surface area contributed by atoms with Crippen molar-refractivity contribution < 1.29 is 17.9 Å². The molecule has 0 saturated carbocycles. The number of benzene rings is 2. The molecule has 7 nitrogen and oxygen atoms in total. The third-order valence-corrected chi connectivity index (χ3v) is 6.68. The van der Waals surface area contributed by atoms with Crippen LogP contribution in [-0.4, -0.2) is 70.5 Å². The van der Waals surface area contributed by atoms with Crippen LogP contribution in [0.3, 0.4) is 0 Å². The predicted octanol–water partition coefficient (Wildman–Crippen LogP) is 2.01. The van der Waals surface area contributed by atoms with E-state index in [0.717, 1.165) is 18.7 Å². The van der Waals surface area contributed by atoms with Crippen LogP contribution >= 0.6 is 11.6 Å². The zero-order valence-electron chi connectivity index (χ0n) is 16.9. The van der Waals surface area contributed by atoms with E-state index >= 15 is 0 Å². The maximum Gasteiger partial charge on any atom is 0.260 e. The van der Waals surface area contributed by atoms with Gasteiger partial charge in [-0.1, -0.05) is 23.7 Å². The molecule has 1 aliphatic rings. The van der Waals surface area contributed by atoms with Crippen molar-refractivity contribution in [2.75, 3.05) is 46.4 Å². The van der Waals surface area contributed by atoms with Gasteiger partial charge in [0, 0.05) is 37.7 Å². The number of nitrogens with one attached hydrogen (secondary N) is 1. The van der Waals surface area contributed by atoms with Gasteiger partial charge in [0.15, 0.2) is 6.61 Å². The lowest BCUT2D eigenvalue weighted by molar-refractivity contribution is -0.134. The molecule has 0 spiro atoms. The molecule has 1 aliphatic heterocycles. The number of carbonyl (C=O) groups excluding carboxylic acids is 1. The number of sulfonamides is 1. The fourth-order valence-electron chi connectivity index (χ4n) is 3.11. The van der Waals surface area contributed by atoms with Gasteiger partial charge in [0.05, 0.1) is 4.90 Å². The molecule has 0 atom stereocenters. The molecule has 0 unspecified atom stereocenters. The van der Waals surface area contributed by atoms with Crippen molar-refractivity contribution in [1.82, 2.24) is 14.5 Å². The molecule has 0 radical (unpaired) electrons. The highest BCUT2D eigenvalue weighted by atomic mass is 35.5. The van der Waals surface area contributed by atoms with Crippen molar-refractivity contribution in [2.24, 2.45) is 0 Å². The van der Waals surface area contributed by atoms with E-state index in [9.17, 15) is 13.2 Å². The fourth-order valence-corrected chi connectivity index (χ4v) is 4.27. The van der Waals surface area contributed by atoms with Crippen LogP contribution in [0.5, 0.6) is 5.75 Å². The molecule has 162 valence electrons. The Balaban J connectivity index is 1.48. The Kier molecular flexibility index (Phi) is 7.71. The van der Waals surface area contributed by atoms with Gasteiger partial charge in [-0.3, -0.25) is 4.79 Å². The number of hydrogen-bond donors (Lipinski definition) is 1. The van der Waals surface area contributed by atoms with Gasteiger partial charge in [-0.05, 0) is 55.4 Å². The van der Waals surface area contributed by atoms with Crippen LogP contribution in [0.4, 0.5) is 0 Å². The maximum atomic E-state index is 12.3. The van der Waals surface area contributed by atoms with Crippen LogP contribution < -0.4 is 9.46 Å². The first-order valence-corrected chi connectivity index (χ1v) is 11.6. The van der Waals surface area contributed by atoms with E-state index < -0.39 is 10.0 Å². The first-order valence-electron chi connectivity index (χ1n) is 9.77. The summed E-state index contributed by atoms with van der Waals surface area (Å²) >= 11 is 5.80. The van der Waals surface area contributed by atoms with Crippen LogP contribution in [0.1, 0.15) is 5.56 Å². The zero-order valence-corrected chi connectivity index (χ0v) is 18.5. The SMILES string of the molecule is CN1CCN(C(=O)COc2cccc(CCNS(=O)(=O)c3ccc(Cl)cc3)c2)CC1. The zero-order chi connectivity index (χ0) is 21.6. The Bertz CT molecular complexity index is 958. The molecule has 0 aromatic heterocycles. The topological polar surface area (TPSA) is 79.0 Å². The van der Waals surface area contributed by atoms with E-state index in [1.54, 1.807) is 18.2 Å². The number of likely N-dealkylation sites (N-methyl/N-ethyl adjacent to an activating group) is 1. The summed E-state index contributed by atoms with van der Waals surface area (Å²) in [5.41, 5.74) is 0.915. The van der Waals surface area contributed by atoms with Crippen molar-refractivity contribution in [1.29, 1.82) is 0 Å². The number of carbonyl (C=O) groups is 1. The van der Waals surface area contributed by atoms with Crippen molar-refractivity contribution in [2.45, 2.75) is 11.3 Å². The Labute approximate surface area is 182 Å². The Morgan fingerprint density at radius 3 is 2.50 bits per heavy atom. The van der Waals surface area contributed by atoms with Gasteiger partial charge in [0.25, 0.3) is 5.91 Å². The number of hydrogen-bond acceptors (Lipinski definition) is 5. The van der Waals surface area contributed by atoms with Gasteiger partial charge in [0.2, 0.25) is 10.0 Å². The summed E-state index contributed by atoms with van der Waals surface area (Å²) in [4.78, 5) is 16.5. The van der Waals surface area contributed by atoms with Gasteiger partial charge in [-0.2, -0.15) is 0 Å². The molecule has 2 aromatic carbocycles. The van der Waals surface area contributed by atoms with Crippen molar-refractivity contribution in [3.63, 3.8) is 0 Å². The number of nitrogens with zero attached hydrogens (tertiary/aromatic N) is 2. The van der Waals surface area contributed by atoms with Crippen molar-refractivity contribution in [3.8, 4) is 5.75 Å². The Hall–Kier alpha value is -2.13. The molecule has 9 heteroatoms. The second-order valence-corrected chi connectivity index (χ2v) is 9.43. The van der Waals surface area contributed by atoms with Gasteiger partial charge < -0.3 is 14.5 Å². The van der Waals surface area contributed by atoms with E-state index in [-0.39, 0.29) is 24.0 Å². The van der Waals surface area contributed by atoms with Crippen LogP contribution in [-0.2, 0) is 21.2 Å². The highest BCUT2D eigenvalue weighted by Crippen LogP contribution is 2.16. The molecule has 1 fully saturated rings.